The predicted molar refractivity (Wildman–Crippen MR) is 123 cm³/mol. The van der Waals surface area contributed by atoms with Gasteiger partial charge in [-0.05, 0) is 37.1 Å². The Morgan fingerprint density at radius 1 is 1.06 bits per heavy atom. The zero-order valence-corrected chi connectivity index (χ0v) is 19.5. The molecular formula is C23H27N5O5S. The van der Waals surface area contributed by atoms with E-state index < -0.39 is 10.0 Å². The molecule has 0 saturated carbocycles. The van der Waals surface area contributed by atoms with E-state index in [0.29, 0.717) is 63.6 Å². The molecule has 0 bridgehead atoms. The number of fused-ring (bicyclic) bond motifs is 2. The van der Waals surface area contributed by atoms with Crippen molar-refractivity contribution in [1.29, 1.82) is 0 Å². The Labute approximate surface area is 197 Å². The van der Waals surface area contributed by atoms with Gasteiger partial charge in [0.1, 0.15) is 5.82 Å². The number of amides is 1. The van der Waals surface area contributed by atoms with Gasteiger partial charge in [0.25, 0.3) is 0 Å². The number of aromatic nitrogens is 3. The number of rotatable bonds is 6. The summed E-state index contributed by atoms with van der Waals surface area (Å²) in [6, 6.07) is 10.4. The highest BCUT2D eigenvalue weighted by Crippen LogP contribution is 2.33. The van der Waals surface area contributed by atoms with Crippen molar-refractivity contribution >= 4 is 21.6 Å². The van der Waals surface area contributed by atoms with Crippen molar-refractivity contribution in [3.63, 3.8) is 0 Å². The molecule has 4 heterocycles. The first-order chi connectivity index (χ1) is 16.5. The summed E-state index contributed by atoms with van der Waals surface area (Å²) in [7, 11) is -3.68. The third-order valence-electron chi connectivity index (χ3n) is 6.21. The van der Waals surface area contributed by atoms with E-state index in [2.05, 4.69) is 15.5 Å². The van der Waals surface area contributed by atoms with Gasteiger partial charge in [-0.3, -0.25) is 9.20 Å². The predicted octanol–water partition coefficient (Wildman–Crippen LogP) is 1.65. The van der Waals surface area contributed by atoms with Gasteiger partial charge >= 0.3 is 0 Å². The van der Waals surface area contributed by atoms with E-state index in [1.807, 2.05) is 28.8 Å². The molecule has 0 atom stereocenters. The Bertz CT molecular complexity index is 1280. The highest BCUT2D eigenvalue weighted by molar-refractivity contribution is 7.89. The van der Waals surface area contributed by atoms with Gasteiger partial charge in [0.15, 0.2) is 17.1 Å². The van der Waals surface area contributed by atoms with Gasteiger partial charge in [-0.25, -0.2) is 8.42 Å². The lowest BCUT2D eigenvalue weighted by Gasteiger charge is -2.30. The van der Waals surface area contributed by atoms with Crippen LogP contribution in [0.15, 0.2) is 47.5 Å². The van der Waals surface area contributed by atoms with Crippen molar-refractivity contribution in [3.8, 4) is 11.5 Å². The van der Waals surface area contributed by atoms with Gasteiger partial charge in [0, 0.05) is 50.7 Å². The second-order valence-corrected chi connectivity index (χ2v) is 10.4. The number of piperidine rings is 1. The fourth-order valence-corrected chi connectivity index (χ4v) is 5.80. The van der Waals surface area contributed by atoms with Crippen LogP contribution in [0.3, 0.4) is 0 Å². The fourth-order valence-electron chi connectivity index (χ4n) is 4.31. The average molecular weight is 486 g/mol. The number of ether oxygens (including phenoxy) is 2. The first-order valence-corrected chi connectivity index (χ1v) is 12.9. The van der Waals surface area contributed by atoms with Crippen LogP contribution in [0.4, 0.5) is 0 Å². The minimum Gasteiger partial charge on any atom is -0.490 e. The van der Waals surface area contributed by atoms with Crippen LogP contribution in [-0.4, -0.2) is 66.1 Å². The zero-order chi connectivity index (χ0) is 23.5. The van der Waals surface area contributed by atoms with E-state index in [1.54, 1.807) is 12.1 Å². The van der Waals surface area contributed by atoms with Crippen molar-refractivity contribution in [2.75, 3.05) is 32.8 Å². The molecule has 1 amide bonds. The lowest BCUT2D eigenvalue weighted by molar-refractivity contribution is -0.126. The smallest absolute Gasteiger partial charge is 0.243 e. The number of carbonyl (C=O) groups excluding carboxylic acids is 1. The van der Waals surface area contributed by atoms with Crippen molar-refractivity contribution < 1.29 is 22.7 Å². The topological polar surface area (TPSA) is 115 Å². The molecule has 2 aliphatic heterocycles. The monoisotopic (exact) mass is 485 g/mol. The maximum Gasteiger partial charge on any atom is 0.243 e. The Kier molecular flexibility index (Phi) is 6.38. The number of hydrogen-bond acceptors (Lipinski definition) is 7. The fraction of sp³-hybridized carbons (Fsp3) is 0.435. The summed E-state index contributed by atoms with van der Waals surface area (Å²) in [6.07, 6.45) is 4.16. The molecule has 0 unspecified atom stereocenters. The van der Waals surface area contributed by atoms with E-state index in [9.17, 15) is 13.2 Å². The molecule has 34 heavy (non-hydrogen) atoms. The van der Waals surface area contributed by atoms with Crippen LogP contribution in [0.2, 0.25) is 0 Å². The first kappa shape index (κ1) is 22.6. The SMILES string of the molecule is O=C(NCCc1nnc2ccccn12)C1CCN(S(=O)(=O)c2ccc3c(c2)OCCCO3)CC1. The van der Waals surface area contributed by atoms with Gasteiger partial charge in [0.05, 0.1) is 18.1 Å². The molecule has 0 radical (unpaired) electrons. The van der Waals surface area contributed by atoms with Crippen LogP contribution in [-0.2, 0) is 21.2 Å². The molecule has 0 aliphatic carbocycles. The normalized spacial score (nSPS) is 17.4. The molecule has 2 aromatic heterocycles. The van der Waals surface area contributed by atoms with Gasteiger partial charge in [-0.15, -0.1) is 10.2 Å². The highest BCUT2D eigenvalue weighted by Gasteiger charge is 2.32. The Hall–Kier alpha value is -3.18. The number of nitrogens with zero attached hydrogens (tertiary/aromatic N) is 4. The minimum absolute atomic E-state index is 0.0542. The molecule has 3 aromatic rings. The van der Waals surface area contributed by atoms with E-state index >= 15 is 0 Å². The van der Waals surface area contributed by atoms with Crippen molar-refractivity contribution in [2.24, 2.45) is 5.92 Å². The van der Waals surface area contributed by atoms with Crippen LogP contribution in [0, 0.1) is 5.92 Å². The maximum absolute atomic E-state index is 13.2. The van der Waals surface area contributed by atoms with Gasteiger partial charge in [-0.1, -0.05) is 6.07 Å². The number of hydrogen-bond donors (Lipinski definition) is 1. The van der Waals surface area contributed by atoms with Gasteiger partial charge < -0.3 is 14.8 Å². The summed E-state index contributed by atoms with van der Waals surface area (Å²) in [6.45, 7) is 2.08. The third kappa shape index (κ3) is 4.58. The van der Waals surface area contributed by atoms with E-state index in [0.717, 1.165) is 17.9 Å². The summed E-state index contributed by atoms with van der Waals surface area (Å²) in [5.41, 5.74) is 0.769. The molecule has 1 saturated heterocycles. The summed E-state index contributed by atoms with van der Waals surface area (Å²) in [5, 5.41) is 11.3. The molecular weight excluding hydrogens is 458 g/mol. The van der Waals surface area contributed by atoms with Crippen LogP contribution in [0.1, 0.15) is 25.1 Å². The van der Waals surface area contributed by atoms with E-state index in [1.165, 1.54) is 10.4 Å². The molecule has 5 rings (SSSR count). The number of pyridine rings is 1. The lowest BCUT2D eigenvalue weighted by Crippen LogP contribution is -2.43. The molecule has 180 valence electrons. The number of sulfonamides is 1. The molecule has 2 aliphatic rings. The quantitative estimate of drug-likeness (QED) is 0.565. The largest absolute Gasteiger partial charge is 0.490 e. The number of carbonyl (C=O) groups is 1. The van der Waals surface area contributed by atoms with Crippen LogP contribution < -0.4 is 14.8 Å². The molecule has 1 N–H and O–H groups in total. The molecule has 11 heteroatoms. The second-order valence-electron chi connectivity index (χ2n) is 8.42. The first-order valence-electron chi connectivity index (χ1n) is 11.5. The van der Waals surface area contributed by atoms with Crippen molar-refractivity contribution in [2.45, 2.75) is 30.6 Å². The Morgan fingerprint density at radius 3 is 2.68 bits per heavy atom. The Morgan fingerprint density at radius 2 is 1.85 bits per heavy atom. The third-order valence-corrected chi connectivity index (χ3v) is 8.11. The van der Waals surface area contributed by atoms with Crippen LogP contribution in [0.25, 0.3) is 5.65 Å². The van der Waals surface area contributed by atoms with Crippen molar-refractivity contribution in [1.82, 2.24) is 24.2 Å². The summed E-state index contributed by atoms with van der Waals surface area (Å²) < 4.78 is 40.9. The standard InChI is InChI=1S/C23H27N5O5S/c29-23(24-10-7-22-26-25-21-4-1-2-11-28(21)22)17-8-12-27(13-9-17)34(30,31)18-5-6-19-20(16-18)33-15-3-14-32-19/h1-2,4-6,11,16-17H,3,7-10,12-15H2,(H,24,29). The van der Waals surface area contributed by atoms with Crippen molar-refractivity contribution in [3.05, 3.63) is 48.4 Å². The lowest BCUT2D eigenvalue weighted by atomic mass is 9.97. The molecule has 1 fully saturated rings. The average Bonchev–Trinajstić information content (AvgIpc) is 3.12. The van der Waals surface area contributed by atoms with E-state index in [-0.39, 0.29) is 16.7 Å². The molecule has 10 nitrogen and oxygen atoms in total. The van der Waals surface area contributed by atoms with Gasteiger partial charge in [-0.2, -0.15) is 4.31 Å². The van der Waals surface area contributed by atoms with Crippen LogP contribution in [0.5, 0.6) is 11.5 Å². The highest BCUT2D eigenvalue weighted by atomic mass is 32.2. The second kappa shape index (κ2) is 9.59. The summed E-state index contributed by atoms with van der Waals surface area (Å²) in [4.78, 5) is 12.8. The summed E-state index contributed by atoms with van der Waals surface area (Å²) in [5.74, 6) is 1.53. The minimum atomic E-state index is -3.68. The van der Waals surface area contributed by atoms with E-state index in [4.69, 9.17) is 9.47 Å². The van der Waals surface area contributed by atoms with Gasteiger partial charge in [0.2, 0.25) is 15.9 Å². The Balaban J connectivity index is 1.15. The zero-order valence-electron chi connectivity index (χ0n) is 18.7. The maximum atomic E-state index is 13.2. The number of benzene rings is 1. The molecule has 1 aromatic carbocycles. The summed E-state index contributed by atoms with van der Waals surface area (Å²) >= 11 is 0. The molecule has 0 spiro atoms. The van der Waals surface area contributed by atoms with Crippen LogP contribution >= 0.6 is 0 Å². The number of nitrogens with one attached hydrogen (secondary N) is 1.